The first-order valence-corrected chi connectivity index (χ1v) is 6.58. The smallest absolute Gasteiger partial charge is 0.228 e. The topological polar surface area (TPSA) is 46.2 Å². The molecule has 0 aromatic heterocycles. The summed E-state index contributed by atoms with van der Waals surface area (Å²) < 4.78 is 0. The van der Waals surface area contributed by atoms with Crippen LogP contribution in [0.25, 0.3) is 0 Å². The molecule has 4 heteroatoms. The van der Waals surface area contributed by atoms with Crippen molar-refractivity contribution in [3.05, 3.63) is 64.7 Å². The highest BCUT2D eigenvalue weighted by Gasteiger charge is 2.07. The predicted octanol–water partition coefficient (Wildman–Crippen LogP) is 3.72. The van der Waals surface area contributed by atoms with Gasteiger partial charge in [0.2, 0.25) is 5.91 Å². The number of rotatable bonds is 4. The summed E-state index contributed by atoms with van der Waals surface area (Å²) in [6.07, 6.45) is 0.216. The van der Waals surface area contributed by atoms with Crippen molar-refractivity contribution in [3.63, 3.8) is 0 Å². The van der Waals surface area contributed by atoms with Crippen LogP contribution in [0.15, 0.2) is 48.5 Å². The van der Waals surface area contributed by atoms with Gasteiger partial charge in [0, 0.05) is 16.3 Å². The van der Waals surface area contributed by atoms with Crippen LogP contribution in [0.4, 0.5) is 5.69 Å². The SMILES string of the molecule is CC(=O)c1ccc(NC(=O)Cc2ccccc2Cl)cc1. The number of carbonyl (C=O) groups excluding carboxylic acids is 2. The molecule has 0 aliphatic heterocycles. The third kappa shape index (κ3) is 3.68. The molecule has 0 radical (unpaired) electrons. The van der Waals surface area contributed by atoms with E-state index in [4.69, 9.17) is 11.6 Å². The molecule has 2 aromatic carbocycles. The minimum absolute atomic E-state index is 0.000978. The Balaban J connectivity index is 2.01. The largest absolute Gasteiger partial charge is 0.326 e. The van der Waals surface area contributed by atoms with E-state index in [-0.39, 0.29) is 18.1 Å². The molecule has 20 heavy (non-hydrogen) atoms. The minimum atomic E-state index is -0.145. The van der Waals surface area contributed by atoms with Crippen LogP contribution in [0.2, 0.25) is 5.02 Å². The summed E-state index contributed by atoms with van der Waals surface area (Å²) in [5.74, 6) is -0.146. The van der Waals surface area contributed by atoms with Gasteiger partial charge in [-0.25, -0.2) is 0 Å². The van der Waals surface area contributed by atoms with E-state index in [1.54, 1.807) is 30.3 Å². The Bertz CT molecular complexity index is 635. The van der Waals surface area contributed by atoms with Crippen molar-refractivity contribution < 1.29 is 9.59 Å². The van der Waals surface area contributed by atoms with Gasteiger partial charge in [0.25, 0.3) is 0 Å². The Hall–Kier alpha value is -2.13. The Morgan fingerprint density at radius 1 is 1.05 bits per heavy atom. The van der Waals surface area contributed by atoms with Crippen molar-refractivity contribution in [2.24, 2.45) is 0 Å². The van der Waals surface area contributed by atoms with E-state index >= 15 is 0 Å². The van der Waals surface area contributed by atoms with Crippen LogP contribution in [0.1, 0.15) is 22.8 Å². The van der Waals surface area contributed by atoms with E-state index in [0.29, 0.717) is 16.3 Å². The van der Waals surface area contributed by atoms with Gasteiger partial charge in [-0.05, 0) is 42.8 Å². The van der Waals surface area contributed by atoms with Crippen molar-refractivity contribution in [3.8, 4) is 0 Å². The number of hydrogen-bond acceptors (Lipinski definition) is 2. The van der Waals surface area contributed by atoms with Crippen molar-refractivity contribution in [2.75, 3.05) is 5.32 Å². The average Bonchev–Trinajstić information content (AvgIpc) is 2.42. The number of hydrogen-bond donors (Lipinski definition) is 1. The fourth-order valence-corrected chi connectivity index (χ4v) is 2.01. The van der Waals surface area contributed by atoms with E-state index in [1.807, 2.05) is 18.2 Å². The van der Waals surface area contributed by atoms with Gasteiger partial charge in [0.1, 0.15) is 0 Å². The van der Waals surface area contributed by atoms with E-state index in [9.17, 15) is 9.59 Å². The number of Topliss-reactive ketones (excluding diaryl/α,β-unsaturated/α-hetero) is 1. The highest BCUT2D eigenvalue weighted by molar-refractivity contribution is 6.31. The molecule has 1 amide bonds. The highest BCUT2D eigenvalue weighted by atomic mass is 35.5. The van der Waals surface area contributed by atoms with Crippen molar-refractivity contribution in [1.29, 1.82) is 0 Å². The number of ketones is 1. The first kappa shape index (κ1) is 14.3. The molecule has 0 spiro atoms. The zero-order chi connectivity index (χ0) is 14.5. The summed E-state index contributed by atoms with van der Waals surface area (Å²) in [7, 11) is 0. The fraction of sp³-hybridized carbons (Fsp3) is 0.125. The zero-order valence-electron chi connectivity index (χ0n) is 11.0. The third-order valence-corrected chi connectivity index (χ3v) is 3.25. The van der Waals surface area contributed by atoms with Gasteiger partial charge in [-0.15, -0.1) is 0 Å². The predicted molar refractivity (Wildman–Crippen MR) is 80.2 cm³/mol. The van der Waals surface area contributed by atoms with E-state index in [0.717, 1.165) is 5.56 Å². The van der Waals surface area contributed by atoms with Gasteiger partial charge in [-0.2, -0.15) is 0 Å². The minimum Gasteiger partial charge on any atom is -0.326 e. The molecular weight excluding hydrogens is 274 g/mol. The van der Waals surface area contributed by atoms with Gasteiger partial charge in [-0.1, -0.05) is 29.8 Å². The lowest BCUT2D eigenvalue weighted by Crippen LogP contribution is -2.14. The fourth-order valence-electron chi connectivity index (χ4n) is 1.81. The number of carbonyl (C=O) groups is 2. The lowest BCUT2D eigenvalue weighted by molar-refractivity contribution is -0.115. The molecule has 0 fully saturated rings. The van der Waals surface area contributed by atoms with E-state index in [1.165, 1.54) is 6.92 Å². The van der Waals surface area contributed by atoms with Crippen LogP contribution < -0.4 is 5.32 Å². The standard InChI is InChI=1S/C16H14ClNO2/c1-11(19)12-6-8-14(9-7-12)18-16(20)10-13-4-2-3-5-15(13)17/h2-9H,10H2,1H3,(H,18,20). The summed E-state index contributed by atoms with van der Waals surface area (Å²) in [6.45, 7) is 1.50. The Labute approximate surface area is 122 Å². The molecular formula is C16H14ClNO2. The normalized spacial score (nSPS) is 10.1. The summed E-state index contributed by atoms with van der Waals surface area (Å²) in [5, 5.41) is 3.35. The molecule has 0 aliphatic carbocycles. The van der Waals surface area contributed by atoms with Gasteiger partial charge in [0.05, 0.1) is 6.42 Å². The van der Waals surface area contributed by atoms with Crippen LogP contribution in [0.5, 0.6) is 0 Å². The lowest BCUT2D eigenvalue weighted by atomic mass is 10.1. The van der Waals surface area contributed by atoms with Gasteiger partial charge in [0.15, 0.2) is 5.78 Å². The molecule has 0 bridgehead atoms. The van der Waals surface area contributed by atoms with E-state index in [2.05, 4.69) is 5.32 Å². The molecule has 0 saturated heterocycles. The summed E-state index contributed by atoms with van der Waals surface area (Å²) >= 11 is 6.01. The molecule has 0 saturated carbocycles. The molecule has 0 aliphatic rings. The zero-order valence-corrected chi connectivity index (χ0v) is 11.8. The molecule has 0 unspecified atom stereocenters. The second-order valence-corrected chi connectivity index (χ2v) is 4.86. The van der Waals surface area contributed by atoms with Crippen LogP contribution >= 0.6 is 11.6 Å². The third-order valence-electron chi connectivity index (χ3n) is 2.88. The molecule has 0 heterocycles. The summed E-state index contributed by atoms with van der Waals surface area (Å²) in [6, 6.07) is 14.0. The van der Waals surface area contributed by atoms with E-state index < -0.39 is 0 Å². The molecule has 1 N–H and O–H groups in total. The number of nitrogens with one attached hydrogen (secondary N) is 1. The van der Waals surface area contributed by atoms with Crippen molar-refractivity contribution in [1.82, 2.24) is 0 Å². The van der Waals surface area contributed by atoms with Crippen LogP contribution in [-0.2, 0) is 11.2 Å². The monoisotopic (exact) mass is 287 g/mol. The maximum Gasteiger partial charge on any atom is 0.228 e. The van der Waals surface area contributed by atoms with Crippen molar-refractivity contribution >= 4 is 29.0 Å². The van der Waals surface area contributed by atoms with Crippen LogP contribution in [0.3, 0.4) is 0 Å². The van der Waals surface area contributed by atoms with Gasteiger partial charge < -0.3 is 5.32 Å². The Kier molecular flexibility index (Phi) is 4.53. The first-order valence-electron chi connectivity index (χ1n) is 6.20. The lowest BCUT2D eigenvalue weighted by Gasteiger charge is -2.07. The summed E-state index contributed by atoms with van der Waals surface area (Å²) in [5.41, 5.74) is 2.06. The Morgan fingerprint density at radius 2 is 1.70 bits per heavy atom. The van der Waals surface area contributed by atoms with Crippen molar-refractivity contribution in [2.45, 2.75) is 13.3 Å². The second kappa shape index (κ2) is 6.35. The summed E-state index contributed by atoms with van der Waals surface area (Å²) in [4.78, 5) is 23.1. The number of amides is 1. The molecule has 0 atom stereocenters. The number of benzene rings is 2. The van der Waals surface area contributed by atoms with Crippen LogP contribution in [-0.4, -0.2) is 11.7 Å². The number of anilines is 1. The first-order chi connectivity index (χ1) is 9.56. The number of halogens is 1. The molecule has 102 valence electrons. The molecule has 2 aromatic rings. The van der Waals surface area contributed by atoms with Crippen LogP contribution in [0, 0.1) is 0 Å². The maximum absolute atomic E-state index is 11.9. The average molecular weight is 288 g/mol. The molecule has 3 nitrogen and oxygen atoms in total. The second-order valence-electron chi connectivity index (χ2n) is 4.45. The molecule has 2 rings (SSSR count). The van der Waals surface area contributed by atoms with Gasteiger partial charge >= 0.3 is 0 Å². The quantitative estimate of drug-likeness (QED) is 0.871. The Morgan fingerprint density at radius 3 is 2.30 bits per heavy atom. The van der Waals surface area contributed by atoms with Gasteiger partial charge in [-0.3, -0.25) is 9.59 Å². The highest BCUT2D eigenvalue weighted by Crippen LogP contribution is 2.16. The maximum atomic E-state index is 11.9.